The van der Waals surface area contributed by atoms with E-state index in [0.29, 0.717) is 12.2 Å². The van der Waals surface area contributed by atoms with E-state index in [0.717, 1.165) is 34.5 Å². The molecule has 8 heteroatoms. The van der Waals surface area contributed by atoms with Gasteiger partial charge in [0.15, 0.2) is 10.8 Å². The van der Waals surface area contributed by atoms with Crippen molar-refractivity contribution in [3.63, 3.8) is 0 Å². The Kier molecular flexibility index (Phi) is 4.07. The number of pyridine rings is 1. The zero-order valence-corrected chi connectivity index (χ0v) is 12.4. The predicted molar refractivity (Wildman–Crippen MR) is 79.9 cm³/mol. The van der Waals surface area contributed by atoms with E-state index < -0.39 is 0 Å². The molecule has 3 rings (SSSR count). The van der Waals surface area contributed by atoms with Gasteiger partial charge in [-0.2, -0.15) is 0 Å². The summed E-state index contributed by atoms with van der Waals surface area (Å²) in [6, 6.07) is 3.82. The van der Waals surface area contributed by atoms with Crippen LogP contribution in [0.15, 0.2) is 34.7 Å². The topological polar surface area (TPSA) is 95.4 Å². The Balaban J connectivity index is 1.91. The maximum atomic E-state index is 5.59. The van der Waals surface area contributed by atoms with Gasteiger partial charge < -0.3 is 10.3 Å². The van der Waals surface area contributed by atoms with E-state index >= 15 is 0 Å². The summed E-state index contributed by atoms with van der Waals surface area (Å²) >= 11 is 1.47. The van der Waals surface area contributed by atoms with Crippen LogP contribution in [0.3, 0.4) is 0 Å². The normalized spacial score (nSPS) is 11.1. The zero-order valence-electron chi connectivity index (χ0n) is 11.6. The molecule has 0 aliphatic rings. The van der Waals surface area contributed by atoms with Gasteiger partial charge >= 0.3 is 0 Å². The fourth-order valence-corrected chi connectivity index (χ4v) is 2.90. The van der Waals surface area contributed by atoms with Gasteiger partial charge in [-0.05, 0) is 37.4 Å². The Bertz CT molecular complexity index is 755. The molecular weight excluding hydrogens is 286 g/mol. The van der Waals surface area contributed by atoms with E-state index in [9.17, 15) is 0 Å². The van der Waals surface area contributed by atoms with E-state index in [-0.39, 0.29) is 0 Å². The minimum atomic E-state index is 0.562. The smallest absolute Gasteiger partial charge is 0.197 e. The Morgan fingerprint density at radius 3 is 2.86 bits per heavy atom. The summed E-state index contributed by atoms with van der Waals surface area (Å²) in [5.74, 6) is 0.906. The van der Waals surface area contributed by atoms with Gasteiger partial charge in [-0.15, -0.1) is 10.2 Å². The highest BCUT2D eigenvalue weighted by Crippen LogP contribution is 2.26. The van der Waals surface area contributed by atoms with Crippen LogP contribution in [0, 0.1) is 0 Å². The van der Waals surface area contributed by atoms with E-state index in [4.69, 9.17) is 5.73 Å². The third kappa shape index (κ3) is 2.86. The second-order valence-corrected chi connectivity index (χ2v) is 5.32. The third-order valence-electron chi connectivity index (χ3n) is 2.98. The highest BCUT2D eigenvalue weighted by Gasteiger charge is 2.12. The number of rotatable bonds is 5. The number of nitrogens with two attached hydrogens (primary N) is 1. The lowest BCUT2D eigenvalue weighted by Gasteiger charge is -2.06. The fraction of sp³-hybridized carbons (Fsp3) is 0.308. The molecule has 3 aromatic rings. The number of hydrogen-bond acceptors (Lipinski definition) is 7. The van der Waals surface area contributed by atoms with Crippen LogP contribution in [0.2, 0.25) is 0 Å². The van der Waals surface area contributed by atoms with Crippen molar-refractivity contribution in [3.05, 3.63) is 30.4 Å². The van der Waals surface area contributed by atoms with E-state index in [2.05, 4.69) is 36.6 Å². The van der Waals surface area contributed by atoms with Gasteiger partial charge in [-0.25, -0.2) is 9.97 Å². The maximum Gasteiger partial charge on any atom is 0.197 e. The summed E-state index contributed by atoms with van der Waals surface area (Å²) < 4.78 is 2.06. The molecule has 0 saturated heterocycles. The van der Waals surface area contributed by atoms with Crippen LogP contribution in [0.25, 0.3) is 11.2 Å². The first-order chi connectivity index (χ1) is 10.3. The quantitative estimate of drug-likeness (QED) is 0.758. The first-order valence-corrected chi connectivity index (χ1v) is 7.51. The number of fused-ring (bicyclic) bond motifs is 1. The molecule has 0 saturated carbocycles. The lowest BCUT2D eigenvalue weighted by molar-refractivity contribution is 0.640. The van der Waals surface area contributed by atoms with E-state index in [1.807, 2.05) is 12.1 Å². The monoisotopic (exact) mass is 301 g/mol. The summed E-state index contributed by atoms with van der Waals surface area (Å²) in [6.07, 6.45) is 4.01. The van der Waals surface area contributed by atoms with Gasteiger partial charge in [0.1, 0.15) is 16.4 Å². The first kappa shape index (κ1) is 13.9. The molecule has 0 bridgehead atoms. The molecule has 3 heterocycles. The molecule has 0 aliphatic carbocycles. The second kappa shape index (κ2) is 6.15. The Morgan fingerprint density at radius 1 is 1.19 bits per heavy atom. The number of aromatic nitrogens is 6. The first-order valence-electron chi connectivity index (χ1n) is 6.69. The van der Waals surface area contributed by atoms with Crippen molar-refractivity contribution in [1.29, 1.82) is 0 Å². The zero-order chi connectivity index (χ0) is 14.7. The SMILES string of the molecule is CCn1c(CCN)nnc1Sc1ccc2nccnc2n1. The van der Waals surface area contributed by atoms with Gasteiger partial charge in [0, 0.05) is 25.4 Å². The minimum Gasteiger partial charge on any atom is -0.330 e. The molecule has 7 nitrogen and oxygen atoms in total. The summed E-state index contributed by atoms with van der Waals surface area (Å²) in [6.45, 7) is 3.43. The highest BCUT2D eigenvalue weighted by molar-refractivity contribution is 7.99. The molecule has 3 aromatic heterocycles. The average Bonchev–Trinajstić information content (AvgIpc) is 2.89. The summed E-state index contributed by atoms with van der Waals surface area (Å²) in [7, 11) is 0. The van der Waals surface area contributed by atoms with Crippen LogP contribution in [0.4, 0.5) is 0 Å². The van der Waals surface area contributed by atoms with Gasteiger partial charge in [0.2, 0.25) is 0 Å². The Morgan fingerprint density at radius 2 is 2.05 bits per heavy atom. The van der Waals surface area contributed by atoms with Crippen LogP contribution < -0.4 is 5.73 Å². The summed E-state index contributed by atoms with van der Waals surface area (Å²) in [5.41, 5.74) is 7.00. The largest absolute Gasteiger partial charge is 0.330 e. The van der Waals surface area contributed by atoms with Crippen molar-refractivity contribution >= 4 is 22.9 Å². The molecule has 0 aromatic carbocycles. The number of nitrogens with zero attached hydrogens (tertiary/aromatic N) is 6. The fourth-order valence-electron chi connectivity index (χ4n) is 2.01. The number of hydrogen-bond donors (Lipinski definition) is 1. The van der Waals surface area contributed by atoms with Crippen molar-refractivity contribution in [1.82, 2.24) is 29.7 Å². The van der Waals surface area contributed by atoms with Crippen LogP contribution in [-0.4, -0.2) is 36.3 Å². The van der Waals surface area contributed by atoms with Crippen molar-refractivity contribution in [2.24, 2.45) is 5.73 Å². The van der Waals surface area contributed by atoms with Gasteiger partial charge in [-0.3, -0.25) is 4.98 Å². The minimum absolute atomic E-state index is 0.562. The summed E-state index contributed by atoms with van der Waals surface area (Å²) in [4.78, 5) is 12.9. The van der Waals surface area contributed by atoms with E-state index in [1.54, 1.807) is 12.4 Å². The highest BCUT2D eigenvalue weighted by atomic mass is 32.2. The molecule has 2 N–H and O–H groups in total. The van der Waals surface area contributed by atoms with Crippen molar-refractivity contribution in [2.75, 3.05) is 6.54 Å². The standard InChI is InChI=1S/C13H15N7S/c1-2-20-10(5-6-14)18-19-13(20)21-11-4-3-9-12(17-11)16-8-7-15-9/h3-4,7-8H,2,5-6,14H2,1H3. The molecule has 0 unspecified atom stereocenters. The molecule has 0 atom stereocenters. The van der Waals surface area contributed by atoms with Crippen molar-refractivity contribution in [2.45, 2.75) is 30.1 Å². The van der Waals surface area contributed by atoms with Gasteiger partial charge in [0.25, 0.3) is 0 Å². The van der Waals surface area contributed by atoms with E-state index in [1.165, 1.54) is 11.8 Å². The molecule has 0 fully saturated rings. The average molecular weight is 301 g/mol. The van der Waals surface area contributed by atoms with Gasteiger partial charge in [-0.1, -0.05) is 0 Å². The molecule has 0 spiro atoms. The molecule has 0 amide bonds. The Hall–Kier alpha value is -2.06. The Labute approximate surface area is 126 Å². The van der Waals surface area contributed by atoms with Crippen LogP contribution in [0.5, 0.6) is 0 Å². The third-order valence-corrected chi connectivity index (χ3v) is 3.90. The van der Waals surface area contributed by atoms with Crippen LogP contribution in [-0.2, 0) is 13.0 Å². The molecular formula is C13H15N7S. The second-order valence-electron chi connectivity index (χ2n) is 4.33. The lowest BCUT2D eigenvalue weighted by Crippen LogP contribution is -2.09. The van der Waals surface area contributed by atoms with Crippen LogP contribution in [0.1, 0.15) is 12.7 Å². The molecule has 0 radical (unpaired) electrons. The van der Waals surface area contributed by atoms with Crippen molar-refractivity contribution in [3.8, 4) is 0 Å². The lowest BCUT2D eigenvalue weighted by atomic mass is 10.4. The van der Waals surface area contributed by atoms with Crippen molar-refractivity contribution < 1.29 is 0 Å². The van der Waals surface area contributed by atoms with Gasteiger partial charge in [0.05, 0.1) is 0 Å². The maximum absolute atomic E-state index is 5.59. The molecule has 0 aliphatic heterocycles. The van der Waals surface area contributed by atoms with Crippen LogP contribution >= 0.6 is 11.8 Å². The predicted octanol–water partition coefficient (Wildman–Crippen LogP) is 1.29. The molecule has 21 heavy (non-hydrogen) atoms. The molecule has 108 valence electrons. The summed E-state index contributed by atoms with van der Waals surface area (Å²) in [5, 5.41) is 10.1.